The van der Waals surface area contributed by atoms with Gasteiger partial charge in [0.15, 0.2) is 0 Å². The molecule has 0 aliphatic heterocycles. The van der Waals surface area contributed by atoms with Crippen molar-refractivity contribution in [2.45, 2.75) is 0 Å². The zero-order valence-corrected chi connectivity index (χ0v) is 6.31. The van der Waals surface area contributed by atoms with Crippen LogP contribution < -0.4 is 35.7 Å². The minimum absolute atomic E-state index is 0. The Morgan fingerprint density at radius 1 is 0.571 bits per heavy atom. The van der Waals surface area contributed by atoms with E-state index in [0.717, 1.165) is 0 Å². The molecule has 0 saturated heterocycles. The van der Waals surface area contributed by atoms with Crippen LogP contribution in [-0.2, 0) is 21.1 Å². The molecule has 6 nitrogen and oxygen atoms in total. The molecular formula is H14N6Pt. The molecule has 0 fully saturated rings. The number of nitrogens with two attached hydrogens (primary N) is 4. The molecule has 0 aliphatic rings. The molecule has 54 valence electrons. The predicted molar refractivity (Wildman–Crippen MR) is 26.8 cm³/mol. The van der Waals surface area contributed by atoms with E-state index in [-0.39, 0.29) is 33.4 Å². The molecule has 7 heteroatoms. The van der Waals surface area contributed by atoms with Gasteiger partial charge >= 0.3 is 0 Å². The molecular weight excluding hydrogens is 279 g/mol. The average Bonchev–Trinajstić information content (AvgIpc) is 1.50. The Morgan fingerprint density at radius 2 is 0.571 bits per heavy atom. The van der Waals surface area contributed by atoms with Gasteiger partial charge in [0.2, 0.25) is 0 Å². The number of hydrazine groups is 2. The second-order valence-corrected chi connectivity index (χ2v) is 0. The van der Waals surface area contributed by atoms with Crippen LogP contribution in [0, 0.1) is 0 Å². The molecule has 0 rings (SSSR count). The fourth-order valence-corrected chi connectivity index (χ4v) is 0. The summed E-state index contributed by atoms with van der Waals surface area (Å²) in [5, 5.41) is 0. The van der Waals surface area contributed by atoms with Crippen LogP contribution in [0.3, 0.4) is 0 Å². The molecule has 0 amide bonds. The van der Waals surface area contributed by atoms with Crippen molar-refractivity contribution in [3.63, 3.8) is 0 Å². The Labute approximate surface area is 57.3 Å². The molecule has 0 heterocycles. The second-order valence-electron chi connectivity index (χ2n) is 0. The molecule has 0 spiro atoms. The molecule has 0 unspecified atom stereocenters. The minimum Gasteiger partial charge on any atom is -0.344 e. The van der Waals surface area contributed by atoms with E-state index in [1.165, 1.54) is 0 Å². The van der Waals surface area contributed by atoms with Crippen LogP contribution in [0.2, 0.25) is 0 Å². The van der Waals surface area contributed by atoms with E-state index in [4.69, 9.17) is 0 Å². The third-order valence-electron chi connectivity index (χ3n) is 0. The average molecular weight is 293 g/mol. The van der Waals surface area contributed by atoms with Gasteiger partial charge in [-0.25, -0.2) is 0 Å². The molecule has 0 aromatic rings. The van der Waals surface area contributed by atoms with Gasteiger partial charge in [-0.1, -0.05) is 0 Å². The summed E-state index contributed by atoms with van der Waals surface area (Å²) < 4.78 is 0. The van der Waals surface area contributed by atoms with E-state index in [2.05, 4.69) is 23.4 Å². The monoisotopic (exact) mass is 293 g/mol. The van der Waals surface area contributed by atoms with Crippen molar-refractivity contribution >= 4 is 0 Å². The van der Waals surface area contributed by atoms with Crippen molar-refractivity contribution in [3.8, 4) is 0 Å². The van der Waals surface area contributed by atoms with Gasteiger partial charge in [0, 0.05) is 21.1 Å². The molecule has 0 radical (unpaired) electrons. The third-order valence-corrected chi connectivity index (χ3v) is 0. The molecule has 0 aromatic heterocycles. The molecule has 0 saturated carbocycles. The summed E-state index contributed by atoms with van der Waals surface area (Å²) in [7, 11) is 0. The van der Waals surface area contributed by atoms with Crippen LogP contribution in [0.5, 0.6) is 0 Å². The van der Waals surface area contributed by atoms with Gasteiger partial charge in [-0.3, -0.25) is 23.4 Å². The normalized spacial score (nSPS) is 1.71. The Hall–Kier alpha value is 0.448. The van der Waals surface area contributed by atoms with E-state index in [0.29, 0.717) is 0 Å². The minimum atomic E-state index is 0. The number of hydrogen-bond acceptors (Lipinski definition) is 6. The van der Waals surface area contributed by atoms with Gasteiger partial charge < -0.3 is 12.3 Å². The Balaban J connectivity index is -0.00000000267. The first-order chi connectivity index (χ1) is 2.00. The van der Waals surface area contributed by atoms with Crippen molar-refractivity contribution in [3.05, 3.63) is 0 Å². The molecule has 0 bridgehead atoms. The zero-order valence-electron chi connectivity index (χ0n) is 4.04. The maximum absolute atomic E-state index is 4.00. The van der Waals surface area contributed by atoms with E-state index in [1.54, 1.807) is 0 Å². The summed E-state index contributed by atoms with van der Waals surface area (Å²) in [4.78, 5) is 0. The zero-order chi connectivity index (χ0) is 4.00. The Morgan fingerprint density at radius 3 is 0.571 bits per heavy atom. The quantitative estimate of drug-likeness (QED) is 0.221. The first-order valence-corrected chi connectivity index (χ1v) is 0.667. The summed E-state index contributed by atoms with van der Waals surface area (Å²) in [6.07, 6.45) is 0. The molecule has 0 atom stereocenters. The van der Waals surface area contributed by atoms with Gasteiger partial charge in [-0.05, 0) is 0 Å². The largest absolute Gasteiger partial charge is 0.344 e. The first-order valence-electron chi connectivity index (χ1n) is 0.667. The van der Waals surface area contributed by atoms with E-state index in [1.807, 2.05) is 0 Å². The maximum Gasteiger partial charge on any atom is 0 e. The van der Waals surface area contributed by atoms with Gasteiger partial charge in [0.25, 0.3) is 0 Å². The third kappa shape index (κ3) is 635. The second kappa shape index (κ2) is 952. The SMILES string of the molecule is N.N.NN.NN.[Pt]. The van der Waals surface area contributed by atoms with Gasteiger partial charge in [0.1, 0.15) is 0 Å². The summed E-state index contributed by atoms with van der Waals surface area (Å²) in [6.45, 7) is 0. The van der Waals surface area contributed by atoms with E-state index < -0.39 is 0 Å². The van der Waals surface area contributed by atoms with E-state index >= 15 is 0 Å². The van der Waals surface area contributed by atoms with Crippen LogP contribution in [0.25, 0.3) is 0 Å². The Kier molecular flexibility index (Phi) is 7030. The smallest absolute Gasteiger partial charge is 0 e. The topological polar surface area (TPSA) is 174 Å². The molecule has 14 N–H and O–H groups in total. The predicted octanol–water partition coefficient (Wildman–Crippen LogP) is -2.04. The number of hydrogen-bond donors (Lipinski definition) is 6. The molecule has 7 heavy (non-hydrogen) atoms. The van der Waals surface area contributed by atoms with Crippen molar-refractivity contribution in [2.75, 3.05) is 0 Å². The van der Waals surface area contributed by atoms with Crippen molar-refractivity contribution in [1.29, 1.82) is 0 Å². The van der Waals surface area contributed by atoms with Crippen molar-refractivity contribution < 1.29 is 21.1 Å². The van der Waals surface area contributed by atoms with Gasteiger partial charge in [-0.15, -0.1) is 0 Å². The Bertz CT molecular complexity index is 4.14. The van der Waals surface area contributed by atoms with Crippen LogP contribution in [0.15, 0.2) is 0 Å². The molecule has 0 aliphatic carbocycles. The van der Waals surface area contributed by atoms with Gasteiger partial charge in [-0.2, -0.15) is 0 Å². The first kappa shape index (κ1) is 51.7. The molecule has 0 aromatic carbocycles. The summed E-state index contributed by atoms with van der Waals surface area (Å²) in [5.74, 6) is 16.0. The van der Waals surface area contributed by atoms with Crippen LogP contribution in [-0.4, -0.2) is 0 Å². The standard InChI is InChI=1S/2H4N2.2H3N.Pt/c2*1-2;;;/h2*1-2H2;2*1H3;. The van der Waals surface area contributed by atoms with Gasteiger partial charge in [0.05, 0.1) is 0 Å². The van der Waals surface area contributed by atoms with Crippen LogP contribution in [0.4, 0.5) is 0 Å². The fraction of sp³-hybridized carbons (Fsp3) is 0. The van der Waals surface area contributed by atoms with Crippen molar-refractivity contribution in [2.24, 2.45) is 23.4 Å². The van der Waals surface area contributed by atoms with Crippen LogP contribution >= 0.6 is 0 Å². The summed E-state index contributed by atoms with van der Waals surface area (Å²) >= 11 is 0. The summed E-state index contributed by atoms with van der Waals surface area (Å²) in [6, 6.07) is 0. The maximum atomic E-state index is 4.00. The van der Waals surface area contributed by atoms with Crippen LogP contribution in [0.1, 0.15) is 0 Å². The number of rotatable bonds is 0. The van der Waals surface area contributed by atoms with E-state index in [9.17, 15) is 0 Å². The summed E-state index contributed by atoms with van der Waals surface area (Å²) in [5.41, 5.74) is 0. The van der Waals surface area contributed by atoms with Crippen molar-refractivity contribution in [1.82, 2.24) is 12.3 Å². The fourth-order valence-electron chi connectivity index (χ4n) is 0.